The van der Waals surface area contributed by atoms with Gasteiger partial charge < -0.3 is 14.6 Å². The number of likely N-dealkylation sites (tertiary alicyclic amines) is 1. The van der Waals surface area contributed by atoms with Gasteiger partial charge in [0.15, 0.2) is 0 Å². The lowest BCUT2D eigenvalue weighted by atomic mass is 10.1. The van der Waals surface area contributed by atoms with Crippen molar-refractivity contribution < 1.29 is 24.2 Å². The number of aliphatic carboxylic acids is 1. The molecule has 0 saturated carbocycles. The van der Waals surface area contributed by atoms with E-state index >= 15 is 0 Å². The zero-order chi connectivity index (χ0) is 19.5. The van der Waals surface area contributed by atoms with Gasteiger partial charge >= 0.3 is 12.1 Å². The highest BCUT2D eigenvalue weighted by Gasteiger charge is 2.42. The van der Waals surface area contributed by atoms with Gasteiger partial charge in [-0.2, -0.15) is 0 Å². The summed E-state index contributed by atoms with van der Waals surface area (Å²) >= 11 is 3.46. The molecular weight excluding hydrogens is 402 g/mol. The Labute approximate surface area is 162 Å². The zero-order valence-corrected chi connectivity index (χ0v) is 17.2. The van der Waals surface area contributed by atoms with Crippen LogP contribution in [0.15, 0.2) is 22.7 Å². The minimum Gasteiger partial charge on any atom is -0.488 e. The van der Waals surface area contributed by atoms with Crippen LogP contribution in [0.1, 0.15) is 46.1 Å². The van der Waals surface area contributed by atoms with E-state index in [0.717, 1.165) is 28.6 Å². The summed E-state index contributed by atoms with van der Waals surface area (Å²) in [5, 5.41) is 9.48. The van der Waals surface area contributed by atoms with Gasteiger partial charge in [0.25, 0.3) is 0 Å². The first-order valence-electron chi connectivity index (χ1n) is 8.78. The average Bonchev–Trinajstić information content (AvgIpc) is 2.93. The number of carbonyl (C=O) groups is 2. The fourth-order valence-corrected chi connectivity index (χ4v) is 3.36. The van der Waals surface area contributed by atoms with E-state index in [1.807, 2.05) is 18.2 Å². The van der Waals surface area contributed by atoms with Gasteiger partial charge in [0.1, 0.15) is 23.5 Å². The summed E-state index contributed by atoms with van der Waals surface area (Å²) in [4.78, 5) is 25.2. The number of halogens is 1. The van der Waals surface area contributed by atoms with Gasteiger partial charge in [-0.1, -0.05) is 29.3 Å². The molecule has 0 aromatic heterocycles. The predicted octanol–water partition coefficient (Wildman–Crippen LogP) is 4.24. The van der Waals surface area contributed by atoms with Gasteiger partial charge in [-0.3, -0.25) is 4.90 Å². The van der Waals surface area contributed by atoms with Crippen molar-refractivity contribution >= 4 is 28.0 Å². The molecule has 2 unspecified atom stereocenters. The molecule has 0 spiro atoms. The number of carbonyl (C=O) groups excluding carboxylic acids is 1. The molecule has 1 amide bonds. The maximum atomic E-state index is 12.4. The maximum Gasteiger partial charge on any atom is 0.411 e. The third-order valence-electron chi connectivity index (χ3n) is 4.01. The molecule has 1 aliphatic rings. The first kappa shape index (κ1) is 20.6. The Kier molecular flexibility index (Phi) is 6.55. The molecule has 1 aromatic carbocycles. The van der Waals surface area contributed by atoms with Gasteiger partial charge in [-0.05, 0) is 51.0 Å². The number of hydrogen-bond donors (Lipinski definition) is 1. The van der Waals surface area contributed by atoms with Crippen LogP contribution >= 0.6 is 15.9 Å². The van der Waals surface area contributed by atoms with Gasteiger partial charge in [-0.15, -0.1) is 0 Å². The topological polar surface area (TPSA) is 76.1 Å². The molecule has 6 nitrogen and oxygen atoms in total. The largest absolute Gasteiger partial charge is 0.488 e. The molecule has 2 rings (SSSR count). The Morgan fingerprint density at radius 2 is 2.04 bits per heavy atom. The van der Waals surface area contributed by atoms with Crippen LogP contribution in [0, 0.1) is 0 Å². The van der Waals surface area contributed by atoms with E-state index in [9.17, 15) is 14.7 Å². The normalized spacial score (nSPS) is 20.1. The molecule has 1 aliphatic heterocycles. The summed E-state index contributed by atoms with van der Waals surface area (Å²) < 4.78 is 12.4. The highest BCUT2D eigenvalue weighted by atomic mass is 79.9. The smallest absolute Gasteiger partial charge is 0.411 e. The minimum absolute atomic E-state index is 0.188. The van der Waals surface area contributed by atoms with E-state index in [1.54, 1.807) is 20.8 Å². The van der Waals surface area contributed by atoms with Crippen LogP contribution in [0.4, 0.5) is 4.79 Å². The van der Waals surface area contributed by atoms with Crippen molar-refractivity contribution in [3.8, 4) is 5.75 Å². The average molecular weight is 428 g/mol. The Morgan fingerprint density at radius 1 is 1.35 bits per heavy atom. The van der Waals surface area contributed by atoms with Crippen molar-refractivity contribution in [1.82, 2.24) is 4.90 Å². The number of carboxylic acid groups (broad SMARTS) is 1. The zero-order valence-electron chi connectivity index (χ0n) is 15.6. The highest BCUT2D eigenvalue weighted by molar-refractivity contribution is 9.10. The van der Waals surface area contributed by atoms with Crippen molar-refractivity contribution in [3.63, 3.8) is 0 Å². The van der Waals surface area contributed by atoms with Crippen molar-refractivity contribution in [2.24, 2.45) is 0 Å². The van der Waals surface area contributed by atoms with Crippen molar-refractivity contribution in [2.75, 3.05) is 6.54 Å². The number of aryl methyl sites for hydroxylation is 1. The third kappa shape index (κ3) is 5.37. The minimum atomic E-state index is -1.05. The molecular formula is C19H26BrNO5. The van der Waals surface area contributed by atoms with Crippen molar-refractivity contribution in [2.45, 2.75) is 64.7 Å². The molecule has 0 radical (unpaired) electrons. The predicted molar refractivity (Wildman–Crippen MR) is 102 cm³/mol. The number of amides is 1. The summed E-state index contributed by atoms with van der Waals surface area (Å²) in [5.41, 5.74) is 0.378. The number of carboxylic acids is 1. The summed E-state index contributed by atoms with van der Waals surface area (Å²) in [6.45, 7) is 7.54. The molecule has 1 N–H and O–H groups in total. The van der Waals surface area contributed by atoms with Gasteiger partial charge in [0.05, 0.1) is 6.54 Å². The van der Waals surface area contributed by atoms with E-state index < -0.39 is 23.7 Å². The summed E-state index contributed by atoms with van der Waals surface area (Å²) in [6, 6.07) is 4.83. The Bertz CT molecular complexity index is 670. The number of nitrogens with zero attached hydrogens (tertiary/aromatic N) is 1. The second-order valence-electron chi connectivity index (χ2n) is 7.46. The second-order valence-corrected chi connectivity index (χ2v) is 8.38. The standard InChI is InChI=1S/C19H26BrNO5/c1-5-6-12-9-13(20)7-8-16(12)25-14-10-15(17(22)23)21(11-14)18(24)26-19(2,3)4/h7-9,14-15H,5-6,10-11H2,1-4H3,(H,22,23). The molecule has 2 atom stereocenters. The van der Waals surface area contributed by atoms with Gasteiger partial charge in [-0.25, -0.2) is 9.59 Å². The lowest BCUT2D eigenvalue weighted by molar-refractivity contribution is -0.142. The Morgan fingerprint density at radius 3 is 2.62 bits per heavy atom. The van der Waals surface area contributed by atoms with Gasteiger partial charge in [0, 0.05) is 10.9 Å². The fraction of sp³-hybridized carbons (Fsp3) is 0.579. The number of rotatable bonds is 5. The van der Waals surface area contributed by atoms with Crippen molar-refractivity contribution in [1.29, 1.82) is 0 Å². The summed E-state index contributed by atoms with van der Waals surface area (Å²) in [6.07, 6.45) is 1.05. The Balaban J connectivity index is 2.15. The first-order valence-corrected chi connectivity index (χ1v) is 9.57. The van der Waals surface area contributed by atoms with E-state index in [0.29, 0.717) is 0 Å². The van der Waals surface area contributed by atoms with Crippen LogP contribution in [0.2, 0.25) is 0 Å². The van der Waals surface area contributed by atoms with E-state index in [2.05, 4.69) is 22.9 Å². The lowest BCUT2D eigenvalue weighted by Crippen LogP contribution is -2.43. The van der Waals surface area contributed by atoms with Crippen LogP contribution in [-0.4, -0.2) is 46.4 Å². The van der Waals surface area contributed by atoms with E-state index in [4.69, 9.17) is 9.47 Å². The lowest BCUT2D eigenvalue weighted by Gasteiger charge is -2.26. The molecule has 26 heavy (non-hydrogen) atoms. The molecule has 1 fully saturated rings. The molecule has 1 aromatic rings. The summed E-state index contributed by atoms with van der Waals surface area (Å²) in [5.74, 6) is -0.318. The van der Waals surface area contributed by atoms with E-state index in [-0.39, 0.29) is 19.1 Å². The van der Waals surface area contributed by atoms with E-state index in [1.165, 1.54) is 4.90 Å². The van der Waals surface area contributed by atoms with Crippen LogP contribution in [0.5, 0.6) is 5.75 Å². The monoisotopic (exact) mass is 427 g/mol. The quantitative estimate of drug-likeness (QED) is 0.759. The molecule has 0 bridgehead atoms. The highest BCUT2D eigenvalue weighted by Crippen LogP contribution is 2.29. The SMILES string of the molecule is CCCc1cc(Br)ccc1OC1CC(C(=O)O)N(C(=O)OC(C)(C)C)C1. The number of hydrogen-bond acceptors (Lipinski definition) is 4. The molecule has 144 valence electrons. The molecule has 7 heteroatoms. The maximum absolute atomic E-state index is 12.4. The molecule has 1 heterocycles. The first-order chi connectivity index (χ1) is 12.1. The third-order valence-corrected chi connectivity index (χ3v) is 4.50. The van der Waals surface area contributed by atoms with Crippen LogP contribution in [0.25, 0.3) is 0 Å². The van der Waals surface area contributed by atoms with Gasteiger partial charge in [0.2, 0.25) is 0 Å². The summed E-state index contributed by atoms with van der Waals surface area (Å²) in [7, 11) is 0. The van der Waals surface area contributed by atoms with Crippen LogP contribution in [0.3, 0.4) is 0 Å². The molecule has 1 saturated heterocycles. The van der Waals surface area contributed by atoms with Crippen molar-refractivity contribution in [3.05, 3.63) is 28.2 Å². The fourth-order valence-electron chi connectivity index (χ4n) is 2.95. The Hall–Kier alpha value is -1.76. The van der Waals surface area contributed by atoms with Crippen LogP contribution in [-0.2, 0) is 16.0 Å². The number of ether oxygens (including phenoxy) is 2. The molecule has 0 aliphatic carbocycles. The number of benzene rings is 1. The second kappa shape index (κ2) is 8.29. The van der Waals surface area contributed by atoms with Crippen LogP contribution < -0.4 is 4.74 Å².